The van der Waals surface area contributed by atoms with Gasteiger partial charge < -0.3 is 5.11 Å². The van der Waals surface area contributed by atoms with Crippen LogP contribution in [0.1, 0.15) is 5.56 Å². The van der Waals surface area contributed by atoms with Crippen LogP contribution in [0.4, 0.5) is 4.39 Å². The summed E-state index contributed by atoms with van der Waals surface area (Å²) in [5.41, 5.74) is 0.484. The predicted octanol–water partition coefficient (Wildman–Crippen LogP) is 1.87. The second-order valence-electron chi connectivity index (χ2n) is 2.20. The van der Waals surface area contributed by atoms with E-state index in [1.807, 2.05) is 0 Å². The third kappa shape index (κ3) is 3.34. The topological polar surface area (TPSA) is 37.3 Å². The highest BCUT2D eigenvalue weighted by Gasteiger charge is 1.99. The Labute approximate surface area is 75.4 Å². The minimum Gasteiger partial charge on any atom is -0.481 e. The van der Waals surface area contributed by atoms with Gasteiger partial charge in [-0.3, -0.25) is 4.79 Å². The van der Waals surface area contributed by atoms with Gasteiger partial charge in [-0.1, -0.05) is 12.1 Å². The Morgan fingerprint density at radius 2 is 2.17 bits per heavy atom. The zero-order valence-corrected chi connectivity index (χ0v) is 6.97. The standard InChI is InChI=1S/C8H7FO2.ClH/c9-7-3-1-2-6(4-7)5-8(10)11;/h1-4H,5H2,(H,10,11);1H. The minimum atomic E-state index is -0.949. The summed E-state index contributed by atoms with van der Waals surface area (Å²) < 4.78 is 12.4. The molecule has 0 spiro atoms. The molecule has 0 saturated heterocycles. The quantitative estimate of drug-likeness (QED) is 0.773. The fourth-order valence-electron chi connectivity index (χ4n) is 0.822. The average molecular weight is 191 g/mol. The summed E-state index contributed by atoms with van der Waals surface area (Å²) in [5.74, 6) is -1.35. The molecule has 12 heavy (non-hydrogen) atoms. The van der Waals surface area contributed by atoms with Crippen molar-refractivity contribution in [1.29, 1.82) is 0 Å². The predicted molar refractivity (Wildman–Crippen MR) is 45.0 cm³/mol. The molecule has 0 heterocycles. The van der Waals surface area contributed by atoms with Crippen LogP contribution in [-0.4, -0.2) is 11.1 Å². The van der Waals surface area contributed by atoms with Crippen molar-refractivity contribution in [1.82, 2.24) is 0 Å². The van der Waals surface area contributed by atoms with Crippen molar-refractivity contribution >= 4 is 18.4 Å². The lowest BCUT2D eigenvalue weighted by molar-refractivity contribution is -0.136. The van der Waals surface area contributed by atoms with Crippen molar-refractivity contribution in [2.24, 2.45) is 0 Å². The van der Waals surface area contributed by atoms with Crippen LogP contribution in [0.5, 0.6) is 0 Å². The highest BCUT2D eigenvalue weighted by Crippen LogP contribution is 2.03. The molecule has 0 saturated carbocycles. The molecule has 1 rings (SSSR count). The monoisotopic (exact) mass is 190 g/mol. The van der Waals surface area contributed by atoms with E-state index in [1.165, 1.54) is 18.2 Å². The summed E-state index contributed by atoms with van der Waals surface area (Å²) in [6.07, 6.45) is -0.127. The number of hydrogen-bond donors (Lipinski definition) is 1. The lowest BCUT2D eigenvalue weighted by Crippen LogP contribution is -1.99. The molecule has 1 N–H and O–H groups in total. The molecule has 1 aromatic carbocycles. The van der Waals surface area contributed by atoms with Gasteiger partial charge in [0, 0.05) is 0 Å². The van der Waals surface area contributed by atoms with Crippen molar-refractivity contribution in [3.05, 3.63) is 35.6 Å². The molecular formula is C8H8ClFO2. The number of carbonyl (C=O) groups is 1. The number of hydrogen-bond acceptors (Lipinski definition) is 1. The molecule has 0 aromatic heterocycles. The van der Waals surface area contributed by atoms with Crippen LogP contribution < -0.4 is 0 Å². The van der Waals surface area contributed by atoms with Gasteiger partial charge in [-0.15, -0.1) is 12.4 Å². The van der Waals surface area contributed by atoms with Crippen LogP contribution in [0.25, 0.3) is 0 Å². The first-order valence-electron chi connectivity index (χ1n) is 3.15. The largest absolute Gasteiger partial charge is 0.481 e. The van der Waals surface area contributed by atoms with Crippen molar-refractivity contribution in [3.8, 4) is 0 Å². The summed E-state index contributed by atoms with van der Waals surface area (Å²) in [6, 6.07) is 5.57. The number of halogens is 2. The molecule has 0 aliphatic carbocycles. The van der Waals surface area contributed by atoms with Gasteiger partial charge >= 0.3 is 5.97 Å². The smallest absolute Gasteiger partial charge is 0.307 e. The summed E-state index contributed by atoms with van der Waals surface area (Å²) in [7, 11) is 0. The SMILES string of the molecule is Cl.O=C(O)Cc1cccc(F)c1. The first kappa shape index (κ1) is 10.9. The van der Waals surface area contributed by atoms with Gasteiger partial charge in [0.25, 0.3) is 0 Å². The fraction of sp³-hybridized carbons (Fsp3) is 0.125. The maximum atomic E-state index is 12.4. The molecular weight excluding hydrogens is 183 g/mol. The number of rotatable bonds is 2. The van der Waals surface area contributed by atoms with E-state index in [0.717, 1.165) is 0 Å². The molecule has 0 bridgehead atoms. The van der Waals surface area contributed by atoms with E-state index in [0.29, 0.717) is 5.56 Å². The van der Waals surface area contributed by atoms with Crippen molar-refractivity contribution in [3.63, 3.8) is 0 Å². The van der Waals surface area contributed by atoms with Crippen LogP contribution in [0.3, 0.4) is 0 Å². The maximum absolute atomic E-state index is 12.4. The third-order valence-corrected chi connectivity index (χ3v) is 1.24. The Kier molecular flexibility index (Phi) is 4.29. The summed E-state index contributed by atoms with van der Waals surface area (Å²) in [4.78, 5) is 10.2. The Balaban J connectivity index is 0.00000121. The molecule has 0 unspecified atom stereocenters. The maximum Gasteiger partial charge on any atom is 0.307 e. The molecule has 0 aliphatic rings. The van der Waals surface area contributed by atoms with Gasteiger partial charge in [0.1, 0.15) is 5.82 Å². The number of carboxylic acid groups (broad SMARTS) is 1. The number of carboxylic acids is 1. The van der Waals surface area contributed by atoms with Gasteiger partial charge in [0.15, 0.2) is 0 Å². The summed E-state index contributed by atoms with van der Waals surface area (Å²) in [6.45, 7) is 0. The first-order chi connectivity index (χ1) is 5.18. The van der Waals surface area contributed by atoms with E-state index in [2.05, 4.69) is 0 Å². The second-order valence-corrected chi connectivity index (χ2v) is 2.20. The molecule has 0 radical (unpaired) electrons. The van der Waals surface area contributed by atoms with Gasteiger partial charge in [0.2, 0.25) is 0 Å². The zero-order chi connectivity index (χ0) is 8.27. The Morgan fingerprint density at radius 3 is 2.67 bits per heavy atom. The molecule has 66 valence electrons. The molecule has 0 aliphatic heterocycles. The van der Waals surface area contributed by atoms with Crippen molar-refractivity contribution < 1.29 is 14.3 Å². The fourth-order valence-corrected chi connectivity index (χ4v) is 0.822. The molecule has 0 amide bonds. The van der Waals surface area contributed by atoms with Crippen LogP contribution in [0.15, 0.2) is 24.3 Å². The van der Waals surface area contributed by atoms with Crippen molar-refractivity contribution in [2.75, 3.05) is 0 Å². The van der Waals surface area contributed by atoms with Crippen LogP contribution >= 0.6 is 12.4 Å². The van der Waals surface area contributed by atoms with E-state index in [-0.39, 0.29) is 18.8 Å². The second kappa shape index (κ2) is 4.72. The van der Waals surface area contributed by atoms with Gasteiger partial charge in [-0.2, -0.15) is 0 Å². The Hall–Kier alpha value is -1.09. The van der Waals surface area contributed by atoms with E-state index in [4.69, 9.17) is 5.11 Å². The number of aliphatic carboxylic acids is 1. The first-order valence-corrected chi connectivity index (χ1v) is 3.15. The molecule has 0 fully saturated rings. The highest BCUT2D eigenvalue weighted by molar-refractivity contribution is 5.85. The lowest BCUT2D eigenvalue weighted by atomic mass is 10.1. The lowest BCUT2D eigenvalue weighted by Gasteiger charge is -1.94. The number of benzene rings is 1. The molecule has 2 nitrogen and oxygen atoms in total. The van der Waals surface area contributed by atoms with E-state index < -0.39 is 11.8 Å². The minimum absolute atomic E-state index is 0. The third-order valence-electron chi connectivity index (χ3n) is 1.24. The van der Waals surface area contributed by atoms with Gasteiger partial charge in [0.05, 0.1) is 6.42 Å². The summed E-state index contributed by atoms with van der Waals surface area (Å²) in [5, 5.41) is 8.34. The van der Waals surface area contributed by atoms with Gasteiger partial charge in [-0.05, 0) is 17.7 Å². The van der Waals surface area contributed by atoms with Crippen molar-refractivity contribution in [2.45, 2.75) is 6.42 Å². The van der Waals surface area contributed by atoms with E-state index in [9.17, 15) is 9.18 Å². The van der Waals surface area contributed by atoms with Crippen LogP contribution in [0.2, 0.25) is 0 Å². The van der Waals surface area contributed by atoms with E-state index in [1.54, 1.807) is 6.07 Å². The molecule has 4 heteroatoms. The van der Waals surface area contributed by atoms with Crippen LogP contribution in [0, 0.1) is 5.82 Å². The Morgan fingerprint density at radius 1 is 1.50 bits per heavy atom. The highest BCUT2D eigenvalue weighted by atomic mass is 35.5. The normalized spacial score (nSPS) is 8.75. The Bertz CT molecular complexity index is 276. The van der Waals surface area contributed by atoms with E-state index >= 15 is 0 Å². The average Bonchev–Trinajstić information content (AvgIpc) is 1.85. The van der Waals surface area contributed by atoms with Gasteiger partial charge in [-0.25, -0.2) is 4.39 Å². The molecule has 0 atom stereocenters. The zero-order valence-electron chi connectivity index (χ0n) is 6.16. The summed E-state index contributed by atoms with van der Waals surface area (Å²) >= 11 is 0. The van der Waals surface area contributed by atoms with Crippen LogP contribution in [-0.2, 0) is 11.2 Å². The molecule has 1 aromatic rings.